The SMILES string of the molecule is Clc1ccc(C=NOCc2ccccc2-c2ccccc2)cc1. The second kappa shape index (κ2) is 7.61. The molecule has 0 aliphatic heterocycles. The van der Waals surface area contributed by atoms with Gasteiger partial charge in [0.2, 0.25) is 0 Å². The third kappa shape index (κ3) is 4.21. The van der Waals surface area contributed by atoms with Crippen LogP contribution < -0.4 is 0 Å². The van der Waals surface area contributed by atoms with Crippen LogP contribution in [0.25, 0.3) is 11.1 Å². The van der Waals surface area contributed by atoms with E-state index in [4.69, 9.17) is 16.4 Å². The first kappa shape index (κ1) is 15.3. The molecule has 3 aromatic rings. The summed E-state index contributed by atoms with van der Waals surface area (Å²) in [5.74, 6) is 0. The highest BCUT2D eigenvalue weighted by Crippen LogP contribution is 2.23. The third-order valence-electron chi connectivity index (χ3n) is 3.47. The van der Waals surface area contributed by atoms with Crippen molar-refractivity contribution in [1.29, 1.82) is 0 Å². The fourth-order valence-electron chi connectivity index (χ4n) is 2.30. The predicted octanol–water partition coefficient (Wildman–Crippen LogP) is 5.56. The van der Waals surface area contributed by atoms with Gasteiger partial charge in [-0.3, -0.25) is 0 Å². The Bertz CT molecular complexity index is 782. The van der Waals surface area contributed by atoms with Crippen molar-refractivity contribution in [3.05, 3.63) is 95.0 Å². The minimum absolute atomic E-state index is 0.426. The Morgan fingerprint density at radius 1 is 0.826 bits per heavy atom. The van der Waals surface area contributed by atoms with Gasteiger partial charge < -0.3 is 4.84 Å². The minimum Gasteiger partial charge on any atom is -0.391 e. The van der Waals surface area contributed by atoms with Gasteiger partial charge in [-0.05, 0) is 34.4 Å². The Balaban J connectivity index is 1.68. The highest BCUT2D eigenvalue weighted by Gasteiger charge is 2.04. The lowest BCUT2D eigenvalue weighted by atomic mass is 10.0. The number of hydrogen-bond acceptors (Lipinski definition) is 2. The van der Waals surface area contributed by atoms with Crippen LogP contribution >= 0.6 is 11.6 Å². The molecular formula is C20H16ClNO. The van der Waals surface area contributed by atoms with E-state index in [2.05, 4.69) is 29.4 Å². The molecule has 0 saturated carbocycles. The molecular weight excluding hydrogens is 306 g/mol. The van der Waals surface area contributed by atoms with Gasteiger partial charge in [-0.2, -0.15) is 0 Å². The van der Waals surface area contributed by atoms with Gasteiger partial charge >= 0.3 is 0 Å². The third-order valence-corrected chi connectivity index (χ3v) is 3.72. The van der Waals surface area contributed by atoms with E-state index in [9.17, 15) is 0 Å². The first-order valence-electron chi connectivity index (χ1n) is 7.37. The lowest BCUT2D eigenvalue weighted by Gasteiger charge is -2.08. The molecule has 114 valence electrons. The molecule has 0 aliphatic rings. The summed E-state index contributed by atoms with van der Waals surface area (Å²) in [5.41, 5.74) is 4.39. The lowest BCUT2D eigenvalue weighted by molar-refractivity contribution is 0.132. The zero-order valence-electron chi connectivity index (χ0n) is 12.5. The van der Waals surface area contributed by atoms with E-state index in [-0.39, 0.29) is 0 Å². The van der Waals surface area contributed by atoms with Crippen LogP contribution in [0.1, 0.15) is 11.1 Å². The van der Waals surface area contributed by atoms with Gasteiger partial charge in [0, 0.05) is 5.02 Å². The van der Waals surface area contributed by atoms with Gasteiger partial charge in [0.05, 0.1) is 6.21 Å². The molecule has 2 nitrogen and oxygen atoms in total. The molecule has 0 heterocycles. The fraction of sp³-hybridized carbons (Fsp3) is 0.0500. The second-order valence-electron chi connectivity index (χ2n) is 5.08. The van der Waals surface area contributed by atoms with Crippen molar-refractivity contribution in [2.75, 3.05) is 0 Å². The zero-order chi connectivity index (χ0) is 15.9. The summed E-state index contributed by atoms with van der Waals surface area (Å²) < 4.78 is 0. The summed E-state index contributed by atoms with van der Waals surface area (Å²) in [6, 6.07) is 25.9. The van der Waals surface area contributed by atoms with Crippen LogP contribution in [-0.4, -0.2) is 6.21 Å². The van der Waals surface area contributed by atoms with E-state index in [1.807, 2.05) is 54.6 Å². The smallest absolute Gasteiger partial charge is 0.142 e. The van der Waals surface area contributed by atoms with Crippen LogP contribution in [0.5, 0.6) is 0 Å². The molecule has 0 saturated heterocycles. The predicted molar refractivity (Wildman–Crippen MR) is 95.7 cm³/mol. The maximum absolute atomic E-state index is 5.85. The molecule has 0 aliphatic carbocycles. The Kier molecular flexibility index (Phi) is 5.07. The quantitative estimate of drug-likeness (QED) is 0.445. The molecule has 0 N–H and O–H groups in total. The first-order valence-corrected chi connectivity index (χ1v) is 7.75. The molecule has 0 radical (unpaired) electrons. The van der Waals surface area contributed by atoms with E-state index >= 15 is 0 Å². The maximum Gasteiger partial charge on any atom is 0.142 e. The van der Waals surface area contributed by atoms with Crippen LogP contribution in [0.3, 0.4) is 0 Å². The number of nitrogens with zero attached hydrogens (tertiary/aromatic N) is 1. The highest BCUT2D eigenvalue weighted by atomic mass is 35.5. The van der Waals surface area contributed by atoms with E-state index in [0.29, 0.717) is 11.6 Å². The topological polar surface area (TPSA) is 21.6 Å². The normalized spacial score (nSPS) is 10.8. The van der Waals surface area contributed by atoms with Crippen molar-refractivity contribution in [1.82, 2.24) is 0 Å². The van der Waals surface area contributed by atoms with Crippen molar-refractivity contribution in [3.8, 4) is 11.1 Å². The second-order valence-corrected chi connectivity index (χ2v) is 5.52. The maximum atomic E-state index is 5.85. The molecule has 3 rings (SSSR count). The fourth-order valence-corrected chi connectivity index (χ4v) is 2.43. The summed E-state index contributed by atoms with van der Waals surface area (Å²) in [5, 5.41) is 4.74. The summed E-state index contributed by atoms with van der Waals surface area (Å²) >= 11 is 5.85. The largest absolute Gasteiger partial charge is 0.391 e. The average Bonchev–Trinajstić information content (AvgIpc) is 2.61. The Labute approximate surface area is 141 Å². The number of benzene rings is 3. The molecule has 0 atom stereocenters. The summed E-state index contributed by atoms with van der Waals surface area (Å²) in [7, 11) is 0. The molecule has 23 heavy (non-hydrogen) atoms. The van der Waals surface area contributed by atoms with Crippen LogP contribution in [-0.2, 0) is 11.4 Å². The molecule has 3 aromatic carbocycles. The van der Waals surface area contributed by atoms with Gasteiger partial charge in [0.15, 0.2) is 0 Å². The molecule has 0 aromatic heterocycles. The molecule has 0 unspecified atom stereocenters. The standard InChI is InChI=1S/C20H16ClNO/c21-19-12-10-16(11-13-19)14-22-23-15-18-8-4-5-9-20(18)17-6-2-1-3-7-17/h1-14H,15H2. The molecule has 3 heteroatoms. The summed E-state index contributed by atoms with van der Waals surface area (Å²) in [6.45, 7) is 0.426. The minimum atomic E-state index is 0.426. The number of halogens is 1. The van der Waals surface area contributed by atoms with Crippen molar-refractivity contribution < 1.29 is 4.84 Å². The number of hydrogen-bond donors (Lipinski definition) is 0. The van der Waals surface area contributed by atoms with E-state index in [0.717, 1.165) is 16.7 Å². The molecule has 0 spiro atoms. The zero-order valence-corrected chi connectivity index (χ0v) is 13.3. The van der Waals surface area contributed by atoms with E-state index in [1.54, 1.807) is 6.21 Å². The first-order chi connectivity index (χ1) is 11.3. The van der Waals surface area contributed by atoms with Gasteiger partial charge in [0.1, 0.15) is 6.61 Å². The number of rotatable bonds is 5. The van der Waals surface area contributed by atoms with E-state index in [1.165, 1.54) is 5.56 Å². The summed E-state index contributed by atoms with van der Waals surface area (Å²) in [6.07, 6.45) is 1.68. The van der Waals surface area contributed by atoms with Gasteiger partial charge in [-0.25, -0.2) is 0 Å². The van der Waals surface area contributed by atoms with Crippen LogP contribution in [0.4, 0.5) is 0 Å². The average molecular weight is 322 g/mol. The van der Waals surface area contributed by atoms with Crippen LogP contribution in [0.2, 0.25) is 5.02 Å². The van der Waals surface area contributed by atoms with Crippen LogP contribution in [0.15, 0.2) is 84.0 Å². The molecule has 0 fully saturated rings. The Morgan fingerprint density at radius 2 is 1.52 bits per heavy atom. The van der Waals surface area contributed by atoms with E-state index < -0.39 is 0 Å². The Morgan fingerprint density at radius 3 is 2.30 bits per heavy atom. The lowest BCUT2D eigenvalue weighted by Crippen LogP contribution is -1.92. The van der Waals surface area contributed by atoms with Crippen molar-refractivity contribution in [3.63, 3.8) is 0 Å². The van der Waals surface area contributed by atoms with Crippen molar-refractivity contribution in [2.45, 2.75) is 6.61 Å². The Hall–Kier alpha value is -2.58. The highest BCUT2D eigenvalue weighted by molar-refractivity contribution is 6.30. The van der Waals surface area contributed by atoms with Gasteiger partial charge in [0.25, 0.3) is 0 Å². The van der Waals surface area contributed by atoms with Crippen molar-refractivity contribution >= 4 is 17.8 Å². The van der Waals surface area contributed by atoms with Gasteiger partial charge in [-0.15, -0.1) is 0 Å². The number of oxime groups is 1. The van der Waals surface area contributed by atoms with Crippen molar-refractivity contribution in [2.24, 2.45) is 5.16 Å². The van der Waals surface area contributed by atoms with Crippen LogP contribution in [0, 0.1) is 0 Å². The molecule has 0 amide bonds. The van der Waals surface area contributed by atoms with Gasteiger partial charge in [-0.1, -0.05) is 83.5 Å². The summed E-state index contributed by atoms with van der Waals surface area (Å²) in [4.78, 5) is 5.45. The molecule has 0 bridgehead atoms. The monoisotopic (exact) mass is 321 g/mol.